The Morgan fingerprint density at radius 2 is 2.04 bits per heavy atom. The van der Waals surface area contributed by atoms with E-state index in [2.05, 4.69) is 27.1 Å². The number of carbonyl (C=O) groups is 1. The van der Waals surface area contributed by atoms with E-state index in [-0.39, 0.29) is 5.56 Å². The molecule has 1 aliphatic rings. The number of nitrogens with one attached hydrogen (secondary N) is 1. The van der Waals surface area contributed by atoms with Crippen LogP contribution in [0.5, 0.6) is 0 Å². The monoisotopic (exact) mass is 312 g/mol. The highest BCUT2D eigenvalue weighted by molar-refractivity contribution is 5.89. The van der Waals surface area contributed by atoms with Crippen molar-refractivity contribution in [2.24, 2.45) is 5.92 Å². The van der Waals surface area contributed by atoms with Gasteiger partial charge in [0.05, 0.1) is 5.56 Å². The minimum Gasteiger partial charge on any atom is -0.478 e. The van der Waals surface area contributed by atoms with Crippen LogP contribution in [0.2, 0.25) is 0 Å². The van der Waals surface area contributed by atoms with Crippen molar-refractivity contribution in [1.29, 1.82) is 0 Å². The van der Waals surface area contributed by atoms with Gasteiger partial charge in [0.2, 0.25) is 0 Å². The van der Waals surface area contributed by atoms with Gasteiger partial charge < -0.3 is 15.3 Å². The molecule has 0 spiro atoms. The van der Waals surface area contributed by atoms with Crippen molar-refractivity contribution >= 4 is 23.3 Å². The highest BCUT2D eigenvalue weighted by Crippen LogP contribution is 2.23. The van der Waals surface area contributed by atoms with E-state index in [1.807, 2.05) is 12.1 Å². The predicted octanol–water partition coefficient (Wildman–Crippen LogP) is 3.15. The average Bonchev–Trinajstić information content (AvgIpc) is 2.56. The summed E-state index contributed by atoms with van der Waals surface area (Å²) >= 11 is 0. The molecule has 0 unspecified atom stereocenters. The summed E-state index contributed by atoms with van der Waals surface area (Å²) in [7, 11) is 0. The zero-order chi connectivity index (χ0) is 16.2. The van der Waals surface area contributed by atoms with E-state index in [9.17, 15) is 4.79 Å². The molecule has 2 heterocycles. The number of carboxylic acids is 1. The maximum absolute atomic E-state index is 11.0. The van der Waals surface area contributed by atoms with Crippen LogP contribution in [-0.2, 0) is 0 Å². The number of benzene rings is 1. The van der Waals surface area contributed by atoms with Crippen LogP contribution in [0.25, 0.3) is 0 Å². The molecule has 0 aliphatic carbocycles. The zero-order valence-corrected chi connectivity index (χ0v) is 13.1. The molecular formula is C17H20N4O2. The van der Waals surface area contributed by atoms with Crippen molar-refractivity contribution in [3.63, 3.8) is 0 Å². The summed E-state index contributed by atoms with van der Waals surface area (Å²) in [6.07, 6.45) is 3.89. The molecule has 0 atom stereocenters. The van der Waals surface area contributed by atoms with Crippen LogP contribution in [0.15, 0.2) is 36.7 Å². The van der Waals surface area contributed by atoms with E-state index < -0.39 is 5.97 Å². The number of aromatic carboxylic acids is 1. The third-order valence-electron chi connectivity index (χ3n) is 4.14. The van der Waals surface area contributed by atoms with Crippen LogP contribution >= 0.6 is 0 Å². The van der Waals surface area contributed by atoms with E-state index in [4.69, 9.17) is 5.11 Å². The molecule has 3 rings (SSSR count). The van der Waals surface area contributed by atoms with Crippen LogP contribution in [0.3, 0.4) is 0 Å². The van der Waals surface area contributed by atoms with Gasteiger partial charge >= 0.3 is 5.97 Å². The number of rotatable bonds is 4. The quantitative estimate of drug-likeness (QED) is 0.903. The molecule has 0 saturated carbocycles. The number of hydrogen-bond donors (Lipinski definition) is 2. The standard InChI is InChI=1S/C17H20N4O2/c1-12-5-7-21(8-6-12)16-10-15(18-11-19-16)20-14-4-2-3-13(9-14)17(22)23/h2-4,9-12H,5-8H2,1H3,(H,22,23)(H,18,19,20). The highest BCUT2D eigenvalue weighted by atomic mass is 16.4. The molecule has 1 aromatic heterocycles. The second-order valence-corrected chi connectivity index (χ2v) is 5.94. The van der Waals surface area contributed by atoms with Crippen LogP contribution in [0.4, 0.5) is 17.3 Å². The Labute approximate surface area is 135 Å². The van der Waals surface area contributed by atoms with Crippen molar-refractivity contribution < 1.29 is 9.90 Å². The van der Waals surface area contributed by atoms with Gasteiger partial charge in [0.25, 0.3) is 0 Å². The first-order valence-electron chi connectivity index (χ1n) is 7.79. The first-order valence-corrected chi connectivity index (χ1v) is 7.79. The SMILES string of the molecule is CC1CCN(c2cc(Nc3cccc(C(=O)O)c3)ncn2)CC1. The Hall–Kier alpha value is -2.63. The minimum absolute atomic E-state index is 0.245. The van der Waals surface area contributed by atoms with Gasteiger partial charge in [-0.15, -0.1) is 0 Å². The zero-order valence-electron chi connectivity index (χ0n) is 13.1. The number of nitrogens with zero attached hydrogens (tertiary/aromatic N) is 3. The summed E-state index contributed by atoms with van der Waals surface area (Å²) in [6, 6.07) is 8.58. The summed E-state index contributed by atoms with van der Waals surface area (Å²) in [5.41, 5.74) is 0.941. The number of aromatic nitrogens is 2. The van der Waals surface area contributed by atoms with Gasteiger partial charge in [-0.25, -0.2) is 14.8 Å². The van der Waals surface area contributed by atoms with E-state index >= 15 is 0 Å². The van der Waals surface area contributed by atoms with Crippen molar-refractivity contribution in [2.75, 3.05) is 23.3 Å². The number of anilines is 3. The lowest BCUT2D eigenvalue weighted by Crippen LogP contribution is -2.33. The Balaban J connectivity index is 1.75. The third kappa shape index (κ3) is 3.77. The molecule has 0 radical (unpaired) electrons. The summed E-state index contributed by atoms with van der Waals surface area (Å²) in [4.78, 5) is 21.9. The van der Waals surface area contributed by atoms with Crippen molar-refractivity contribution in [3.8, 4) is 0 Å². The van der Waals surface area contributed by atoms with Gasteiger partial charge in [0.1, 0.15) is 18.0 Å². The maximum atomic E-state index is 11.0. The van der Waals surface area contributed by atoms with E-state index in [1.165, 1.54) is 19.2 Å². The fraction of sp³-hybridized carbons (Fsp3) is 0.353. The Morgan fingerprint density at radius 3 is 2.78 bits per heavy atom. The smallest absolute Gasteiger partial charge is 0.335 e. The highest BCUT2D eigenvalue weighted by Gasteiger charge is 2.17. The number of piperidine rings is 1. The lowest BCUT2D eigenvalue weighted by atomic mass is 9.99. The molecule has 1 aliphatic heterocycles. The second kappa shape index (κ2) is 6.64. The van der Waals surface area contributed by atoms with Gasteiger partial charge in [-0.1, -0.05) is 13.0 Å². The predicted molar refractivity (Wildman–Crippen MR) is 89.3 cm³/mol. The molecular weight excluding hydrogens is 292 g/mol. The topological polar surface area (TPSA) is 78.4 Å². The minimum atomic E-state index is -0.945. The van der Waals surface area contributed by atoms with Crippen LogP contribution in [-0.4, -0.2) is 34.1 Å². The molecule has 6 nitrogen and oxygen atoms in total. The van der Waals surface area contributed by atoms with Gasteiger partial charge in [0, 0.05) is 24.8 Å². The van der Waals surface area contributed by atoms with Gasteiger partial charge in [-0.2, -0.15) is 0 Å². The first-order chi connectivity index (χ1) is 11.1. The maximum Gasteiger partial charge on any atom is 0.335 e. The largest absolute Gasteiger partial charge is 0.478 e. The Bertz CT molecular complexity index is 696. The summed E-state index contributed by atoms with van der Waals surface area (Å²) in [6.45, 7) is 4.29. The van der Waals surface area contributed by atoms with Crippen molar-refractivity contribution in [1.82, 2.24) is 9.97 Å². The molecule has 6 heteroatoms. The lowest BCUT2D eigenvalue weighted by molar-refractivity contribution is 0.0697. The average molecular weight is 312 g/mol. The van der Waals surface area contributed by atoms with Crippen molar-refractivity contribution in [2.45, 2.75) is 19.8 Å². The van der Waals surface area contributed by atoms with Crippen LogP contribution in [0, 0.1) is 5.92 Å². The van der Waals surface area contributed by atoms with Gasteiger partial charge in [-0.3, -0.25) is 0 Å². The molecule has 1 saturated heterocycles. The molecule has 2 aromatic rings. The second-order valence-electron chi connectivity index (χ2n) is 5.94. The van der Waals surface area contributed by atoms with Gasteiger partial charge in [-0.05, 0) is 37.0 Å². The molecule has 120 valence electrons. The van der Waals surface area contributed by atoms with Crippen LogP contribution < -0.4 is 10.2 Å². The summed E-state index contributed by atoms with van der Waals surface area (Å²) in [5, 5.41) is 12.2. The molecule has 1 fully saturated rings. The summed E-state index contributed by atoms with van der Waals surface area (Å²) < 4.78 is 0. The first kappa shape index (κ1) is 15.3. The van der Waals surface area contributed by atoms with E-state index in [0.29, 0.717) is 11.5 Å². The third-order valence-corrected chi connectivity index (χ3v) is 4.14. The lowest BCUT2D eigenvalue weighted by Gasteiger charge is -2.31. The van der Waals surface area contributed by atoms with Crippen LogP contribution in [0.1, 0.15) is 30.1 Å². The fourth-order valence-corrected chi connectivity index (χ4v) is 2.70. The Kier molecular flexibility index (Phi) is 4.41. The summed E-state index contributed by atoms with van der Waals surface area (Å²) in [5.74, 6) is 1.39. The van der Waals surface area contributed by atoms with Crippen molar-refractivity contribution in [3.05, 3.63) is 42.2 Å². The van der Waals surface area contributed by atoms with E-state index in [0.717, 1.165) is 24.8 Å². The van der Waals surface area contributed by atoms with E-state index in [1.54, 1.807) is 18.2 Å². The molecule has 0 amide bonds. The molecule has 0 bridgehead atoms. The normalized spacial score (nSPS) is 15.4. The number of hydrogen-bond acceptors (Lipinski definition) is 5. The molecule has 23 heavy (non-hydrogen) atoms. The fourth-order valence-electron chi connectivity index (χ4n) is 2.70. The van der Waals surface area contributed by atoms with Gasteiger partial charge in [0.15, 0.2) is 0 Å². The molecule has 2 N–H and O–H groups in total. The number of carboxylic acid groups (broad SMARTS) is 1. The molecule has 1 aromatic carbocycles. The Morgan fingerprint density at radius 1 is 1.26 bits per heavy atom.